The van der Waals surface area contributed by atoms with Crippen LogP contribution in [0.2, 0.25) is 20.4 Å². The lowest BCUT2D eigenvalue weighted by molar-refractivity contribution is 1.11. The van der Waals surface area contributed by atoms with Gasteiger partial charge in [0, 0.05) is 18.6 Å². The fraction of sp³-hybridized carbons (Fsp3) is 0. The van der Waals surface area contributed by atoms with Crippen molar-refractivity contribution >= 4 is 52.2 Å². The summed E-state index contributed by atoms with van der Waals surface area (Å²) >= 11 is 24.4. The minimum atomic E-state index is 0.181. The van der Waals surface area contributed by atoms with E-state index in [1.165, 1.54) is 6.20 Å². The standard InChI is InChI=1S/C11H4Cl4N4/c12-5-3-6(13)8(17-4-5)7-9(14)18-11-16-1-2-19(11)10(7)15/h1-4H. The lowest BCUT2D eigenvalue weighted by Gasteiger charge is -2.09. The number of pyridine rings is 1. The maximum absolute atomic E-state index is 6.30. The first kappa shape index (κ1) is 12.9. The summed E-state index contributed by atoms with van der Waals surface area (Å²) in [4.78, 5) is 12.3. The summed E-state index contributed by atoms with van der Waals surface area (Å²) in [5.41, 5.74) is 0.861. The van der Waals surface area contributed by atoms with Crippen LogP contribution in [0.3, 0.4) is 0 Å². The molecule has 0 atom stereocenters. The Morgan fingerprint density at radius 2 is 1.84 bits per heavy atom. The molecule has 0 unspecified atom stereocenters. The van der Waals surface area contributed by atoms with Crippen LogP contribution in [0, 0.1) is 0 Å². The molecule has 0 amide bonds. The van der Waals surface area contributed by atoms with Crippen molar-refractivity contribution in [1.29, 1.82) is 0 Å². The minimum absolute atomic E-state index is 0.181. The topological polar surface area (TPSA) is 43.1 Å². The van der Waals surface area contributed by atoms with Crippen LogP contribution >= 0.6 is 46.4 Å². The number of fused-ring (bicyclic) bond motifs is 1. The van der Waals surface area contributed by atoms with E-state index < -0.39 is 0 Å². The lowest BCUT2D eigenvalue weighted by atomic mass is 10.2. The number of nitrogens with zero attached hydrogens (tertiary/aromatic N) is 4. The van der Waals surface area contributed by atoms with Crippen LogP contribution in [-0.4, -0.2) is 19.4 Å². The van der Waals surface area contributed by atoms with Crippen LogP contribution < -0.4 is 0 Å². The quantitative estimate of drug-likeness (QED) is 0.620. The molecule has 3 aromatic rings. The Morgan fingerprint density at radius 1 is 1.05 bits per heavy atom. The van der Waals surface area contributed by atoms with Crippen molar-refractivity contribution in [2.45, 2.75) is 0 Å². The normalized spacial score (nSPS) is 11.2. The van der Waals surface area contributed by atoms with Gasteiger partial charge in [0.25, 0.3) is 0 Å². The second-order valence-electron chi connectivity index (χ2n) is 3.65. The Morgan fingerprint density at radius 3 is 2.58 bits per heavy atom. The molecule has 0 aliphatic carbocycles. The fourth-order valence-electron chi connectivity index (χ4n) is 1.67. The molecule has 0 aliphatic rings. The van der Waals surface area contributed by atoms with Crippen molar-refractivity contribution in [1.82, 2.24) is 19.4 Å². The summed E-state index contributed by atoms with van der Waals surface area (Å²) in [6.07, 6.45) is 4.72. The highest BCUT2D eigenvalue weighted by Gasteiger charge is 2.18. The molecule has 0 radical (unpaired) electrons. The molecular weight excluding hydrogens is 330 g/mol. The Bertz CT molecular complexity index is 784. The van der Waals surface area contributed by atoms with E-state index in [1.54, 1.807) is 22.9 Å². The lowest BCUT2D eigenvalue weighted by Crippen LogP contribution is -1.97. The second kappa shape index (κ2) is 4.80. The van der Waals surface area contributed by atoms with Crippen molar-refractivity contribution < 1.29 is 0 Å². The first-order valence-corrected chi connectivity index (χ1v) is 6.58. The van der Waals surface area contributed by atoms with Crippen LogP contribution in [0.25, 0.3) is 17.0 Å². The number of imidazole rings is 1. The van der Waals surface area contributed by atoms with Gasteiger partial charge in [-0.3, -0.25) is 9.38 Å². The van der Waals surface area contributed by atoms with E-state index in [9.17, 15) is 0 Å². The molecule has 0 saturated carbocycles. The molecule has 96 valence electrons. The highest BCUT2D eigenvalue weighted by Crippen LogP contribution is 2.37. The zero-order chi connectivity index (χ0) is 13.6. The van der Waals surface area contributed by atoms with Crippen LogP contribution in [0.4, 0.5) is 0 Å². The minimum Gasteiger partial charge on any atom is -0.273 e. The van der Waals surface area contributed by atoms with Gasteiger partial charge in [-0.1, -0.05) is 46.4 Å². The number of aromatic nitrogens is 4. The monoisotopic (exact) mass is 332 g/mol. The van der Waals surface area contributed by atoms with Crippen LogP contribution in [0.5, 0.6) is 0 Å². The van der Waals surface area contributed by atoms with Crippen molar-refractivity contribution in [2.75, 3.05) is 0 Å². The average Bonchev–Trinajstić information content (AvgIpc) is 2.80. The van der Waals surface area contributed by atoms with E-state index in [1.807, 2.05) is 0 Å². The highest BCUT2D eigenvalue weighted by atomic mass is 35.5. The van der Waals surface area contributed by atoms with Gasteiger partial charge in [-0.2, -0.15) is 4.98 Å². The number of rotatable bonds is 1. The van der Waals surface area contributed by atoms with E-state index in [2.05, 4.69) is 15.0 Å². The van der Waals surface area contributed by atoms with Crippen molar-refractivity contribution in [3.05, 3.63) is 45.0 Å². The summed E-state index contributed by atoms with van der Waals surface area (Å²) < 4.78 is 1.59. The summed E-state index contributed by atoms with van der Waals surface area (Å²) in [5, 5.41) is 1.29. The largest absolute Gasteiger partial charge is 0.273 e. The van der Waals surface area contributed by atoms with E-state index in [0.717, 1.165) is 0 Å². The third-order valence-corrected chi connectivity index (χ3v) is 3.63. The van der Waals surface area contributed by atoms with E-state index >= 15 is 0 Å². The van der Waals surface area contributed by atoms with Gasteiger partial charge in [-0.05, 0) is 6.07 Å². The van der Waals surface area contributed by atoms with Crippen LogP contribution in [0.15, 0.2) is 24.7 Å². The molecule has 3 aromatic heterocycles. The van der Waals surface area contributed by atoms with Crippen molar-refractivity contribution in [3.63, 3.8) is 0 Å². The average molecular weight is 334 g/mol. The molecule has 0 N–H and O–H groups in total. The van der Waals surface area contributed by atoms with Gasteiger partial charge in [0.15, 0.2) is 0 Å². The molecule has 0 bridgehead atoms. The summed E-state index contributed by atoms with van der Waals surface area (Å²) in [7, 11) is 0. The Balaban J connectivity index is 2.35. The molecule has 8 heteroatoms. The third-order valence-electron chi connectivity index (χ3n) is 2.49. The Kier molecular flexibility index (Phi) is 3.27. The fourth-order valence-corrected chi connectivity index (χ4v) is 2.76. The van der Waals surface area contributed by atoms with E-state index in [0.29, 0.717) is 32.2 Å². The number of hydrogen-bond donors (Lipinski definition) is 0. The van der Waals surface area contributed by atoms with Gasteiger partial charge in [0.2, 0.25) is 5.78 Å². The first-order chi connectivity index (χ1) is 9.08. The third kappa shape index (κ3) is 2.15. The highest BCUT2D eigenvalue weighted by molar-refractivity contribution is 6.40. The van der Waals surface area contributed by atoms with Crippen LogP contribution in [-0.2, 0) is 0 Å². The molecule has 0 aliphatic heterocycles. The maximum Gasteiger partial charge on any atom is 0.236 e. The maximum atomic E-state index is 6.30. The summed E-state index contributed by atoms with van der Waals surface area (Å²) in [6.45, 7) is 0. The van der Waals surface area contributed by atoms with Crippen molar-refractivity contribution in [2.24, 2.45) is 0 Å². The molecule has 19 heavy (non-hydrogen) atoms. The molecule has 3 rings (SSSR count). The molecule has 3 heterocycles. The van der Waals surface area contributed by atoms with E-state index in [-0.39, 0.29) is 5.15 Å². The zero-order valence-electron chi connectivity index (χ0n) is 9.11. The Hall–Kier alpha value is -1.07. The predicted octanol–water partition coefficient (Wildman–Crippen LogP) is 4.40. The van der Waals surface area contributed by atoms with Gasteiger partial charge < -0.3 is 0 Å². The second-order valence-corrected chi connectivity index (χ2v) is 5.21. The summed E-state index contributed by atoms with van der Waals surface area (Å²) in [5.74, 6) is 0.406. The van der Waals surface area contributed by atoms with Gasteiger partial charge in [0.05, 0.1) is 21.3 Å². The van der Waals surface area contributed by atoms with Crippen LogP contribution in [0.1, 0.15) is 0 Å². The molecule has 0 spiro atoms. The Labute approximate surface area is 127 Å². The summed E-state index contributed by atoms with van der Waals surface area (Å²) in [6, 6.07) is 1.57. The predicted molar refractivity (Wildman–Crippen MR) is 76.3 cm³/mol. The van der Waals surface area contributed by atoms with Crippen molar-refractivity contribution in [3.8, 4) is 11.3 Å². The van der Waals surface area contributed by atoms with Gasteiger partial charge in [-0.15, -0.1) is 0 Å². The molecule has 0 fully saturated rings. The number of hydrogen-bond acceptors (Lipinski definition) is 3. The first-order valence-electron chi connectivity index (χ1n) is 5.07. The molecule has 4 nitrogen and oxygen atoms in total. The SMILES string of the molecule is Clc1cnc(-c2c(Cl)nc3nccn3c2Cl)c(Cl)c1. The van der Waals surface area contributed by atoms with Gasteiger partial charge in [-0.25, -0.2) is 4.98 Å². The zero-order valence-corrected chi connectivity index (χ0v) is 12.1. The van der Waals surface area contributed by atoms with Gasteiger partial charge >= 0.3 is 0 Å². The number of halogens is 4. The molecule has 0 saturated heterocycles. The van der Waals surface area contributed by atoms with E-state index in [4.69, 9.17) is 46.4 Å². The van der Waals surface area contributed by atoms with Gasteiger partial charge in [0.1, 0.15) is 10.3 Å². The smallest absolute Gasteiger partial charge is 0.236 e. The molecule has 0 aromatic carbocycles. The molecular formula is C11H4Cl4N4.